The van der Waals surface area contributed by atoms with E-state index in [2.05, 4.69) is 46.8 Å². The molecule has 1 aliphatic rings. The minimum atomic E-state index is -0.0306. The van der Waals surface area contributed by atoms with Crippen molar-refractivity contribution in [3.05, 3.63) is 52.2 Å². The Balaban J connectivity index is 0.00000300. The highest BCUT2D eigenvalue weighted by Crippen LogP contribution is 2.37. The highest BCUT2D eigenvalue weighted by atomic mass is 35.5. The molecular formula is C23H33ClN2O2S. The molecule has 1 N–H and O–H groups in total. The highest BCUT2D eigenvalue weighted by Gasteiger charge is 2.34. The van der Waals surface area contributed by atoms with Crippen molar-refractivity contribution < 1.29 is 9.53 Å². The van der Waals surface area contributed by atoms with E-state index in [0.717, 1.165) is 45.0 Å². The third-order valence-electron chi connectivity index (χ3n) is 5.69. The summed E-state index contributed by atoms with van der Waals surface area (Å²) in [5, 5.41) is 5.00. The number of ether oxygens (including phenoxy) is 1. The molecule has 0 bridgehead atoms. The van der Waals surface area contributed by atoms with E-state index in [1.807, 2.05) is 23.5 Å². The highest BCUT2D eigenvalue weighted by molar-refractivity contribution is 7.09. The van der Waals surface area contributed by atoms with Gasteiger partial charge < -0.3 is 10.1 Å². The average molecular weight is 437 g/mol. The first-order valence-corrected chi connectivity index (χ1v) is 11.2. The van der Waals surface area contributed by atoms with Crippen LogP contribution in [0.15, 0.2) is 41.8 Å². The molecule has 1 aliphatic heterocycles. The molecule has 6 heteroatoms. The van der Waals surface area contributed by atoms with E-state index in [4.69, 9.17) is 4.74 Å². The molecular weight excluding hydrogens is 404 g/mol. The maximum atomic E-state index is 11.2. The molecule has 1 fully saturated rings. The van der Waals surface area contributed by atoms with Crippen molar-refractivity contribution in [1.29, 1.82) is 0 Å². The van der Waals surface area contributed by atoms with Gasteiger partial charge in [0, 0.05) is 30.6 Å². The molecule has 1 saturated heterocycles. The number of piperidine rings is 1. The molecule has 4 nitrogen and oxygen atoms in total. The summed E-state index contributed by atoms with van der Waals surface area (Å²) in [7, 11) is 0. The molecule has 0 aliphatic carbocycles. The van der Waals surface area contributed by atoms with Crippen LogP contribution in [0, 0.1) is 5.41 Å². The molecule has 0 atom stereocenters. The number of nitrogens with one attached hydrogen (secondary N) is 1. The summed E-state index contributed by atoms with van der Waals surface area (Å²) < 4.78 is 5.89. The Morgan fingerprint density at radius 1 is 1.21 bits per heavy atom. The number of halogens is 1. The first-order valence-electron chi connectivity index (χ1n) is 10.3. The van der Waals surface area contributed by atoms with E-state index in [0.29, 0.717) is 5.41 Å². The zero-order valence-electron chi connectivity index (χ0n) is 17.5. The third-order valence-corrected chi connectivity index (χ3v) is 6.63. The molecule has 2 aromatic rings. The number of amides is 1. The average Bonchev–Trinajstić information content (AvgIpc) is 3.21. The lowest BCUT2D eigenvalue weighted by Crippen LogP contribution is -2.42. The smallest absolute Gasteiger partial charge is 0.221 e. The van der Waals surface area contributed by atoms with Crippen molar-refractivity contribution >= 4 is 35.3 Å². The van der Waals surface area contributed by atoms with Crippen LogP contribution in [0.5, 0.6) is 0 Å². The van der Waals surface area contributed by atoms with Crippen LogP contribution in [0.3, 0.4) is 0 Å². The number of anilines is 1. The van der Waals surface area contributed by atoms with Gasteiger partial charge in [0.15, 0.2) is 0 Å². The fourth-order valence-electron chi connectivity index (χ4n) is 3.97. The zero-order chi connectivity index (χ0) is 19.8. The van der Waals surface area contributed by atoms with E-state index in [1.165, 1.54) is 36.6 Å². The van der Waals surface area contributed by atoms with Crippen molar-refractivity contribution in [3.63, 3.8) is 0 Å². The van der Waals surface area contributed by atoms with Gasteiger partial charge in [0.25, 0.3) is 0 Å². The minimum absolute atomic E-state index is 0. The predicted octanol–water partition coefficient (Wildman–Crippen LogP) is 5.38. The molecule has 0 radical (unpaired) electrons. The van der Waals surface area contributed by atoms with Crippen LogP contribution in [-0.2, 0) is 22.5 Å². The maximum absolute atomic E-state index is 11.2. The predicted molar refractivity (Wildman–Crippen MR) is 124 cm³/mol. The van der Waals surface area contributed by atoms with Gasteiger partial charge in [-0.25, -0.2) is 0 Å². The van der Waals surface area contributed by atoms with Gasteiger partial charge in [-0.3, -0.25) is 9.69 Å². The molecule has 29 heavy (non-hydrogen) atoms. The van der Waals surface area contributed by atoms with Crippen LogP contribution in [0.2, 0.25) is 0 Å². The Hall–Kier alpha value is -1.40. The van der Waals surface area contributed by atoms with Crippen LogP contribution < -0.4 is 5.32 Å². The molecule has 160 valence electrons. The standard InChI is InChI=1S/C23H32N2O2S.ClH/c1-3-27-18-23(11-10-22-5-4-16-28-22)12-14-25(15-13-23)17-20-6-8-21(9-7-20)24-19(2)26;/h4-9,16H,3,10-15,17-18H2,1-2H3,(H,24,26);1H. The number of thiophene rings is 1. The summed E-state index contributed by atoms with van der Waals surface area (Å²) >= 11 is 1.86. The summed E-state index contributed by atoms with van der Waals surface area (Å²) in [6.45, 7) is 8.51. The van der Waals surface area contributed by atoms with Gasteiger partial charge in [-0.05, 0) is 80.3 Å². The fraction of sp³-hybridized carbons (Fsp3) is 0.522. The number of rotatable bonds is 9. The van der Waals surface area contributed by atoms with Crippen LogP contribution in [0.4, 0.5) is 5.69 Å². The Bertz CT molecular complexity index is 726. The summed E-state index contributed by atoms with van der Waals surface area (Å²) in [6, 6.07) is 12.6. The Labute approximate surface area is 185 Å². The molecule has 2 heterocycles. The topological polar surface area (TPSA) is 41.6 Å². The Morgan fingerprint density at radius 2 is 1.93 bits per heavy atom. The summed E-state index contributed by atoms with van der Waals surface area (Å²) in [6.07, 6.45) is 4.77. The van der Waals surface area contributed by atoms with Gasteiger partial charge >= 0.3 is 0 Å². The normalized spacial score (nSPS) is 16.2. The second-order valence-electron chi connectivity index (χ2n) is 7.87. The number of likely N-dealkylation sites (tertiary alicyclic amines) is 1. The van der Waals surface area contributed by atoms with Gasteiger partial charge in [0.2, 0.25) is 5.91 Å². The van der Waals surface area contributed by atoms with Gasteiger partial charge in [-0.2, -0.15) is 0 Å². The van der Waals surface area contributed by atoms with Crippen LogP contribution in [0.25, 0.3) is 0 Å². The van der Waals surface area contributed by atoms with Crippen molar-refractivity contribution in [2.75, 3.05) is 31.6 Å². The Morgan fingerprint density at radius 3 is 2.52 bits per heavy atom. The lowest BCUT2D eigenvalue weighted by Gasteiger charge is -2.42. The molecule has 1 aromatic heterocycles. The van der Waals surface area contributed by atoms with Crippen LogP contribution >= 0.6 is 23.7 Å². The van der Waals surface area contributed by atoms with E-state index in [1.54, 1.807) is 0 Å². The first kappa shape index (κ1) is 23.9. The summed E-state index contributed by atoms with van der Waals surface area (Å²) in [4.78, 5) is 15.2. The van der Waals surface area contributed by atoms with E-state index < -0.39 is 0 Å². The fourth-order valence-corrected chi connectivity index (χ4v) is 4.68. The second-order valence-corrected chi connectivity index (χ2v) is 8.90. The molecule has 1 aromatic carbocycles. The van der Waals surface area contributed by atoms with Gasteiger partial charge in [0.1, 0.15) is 0 Å². The second kappa shape index (κ2) is 11.7. The first-order chi connectivity index (χ1) is 13.6. The number of aryl methyl sites for hydroxylation is 1. The number of hydrogen-bond donors (Lipinski definition) is 1. The number of carbonyl (C=O) groups is 1. The van der Waals surface area contributed by atoms with Gasteiger partial charge in [-0.15, -0.1) is 23.7 Å². The summed E-state index contributed by atoms with van der Waals surface area (Å²) in [5.41, 5.74) is 2.47. The van der Waals surface area contributed by atoms with E-state index in [-0.39, 0.29) is 18.3 Å². The number of benzene rings is 1. The lowest BCUT2D eigenvalue weighted by molar-refractivity contribution is -0.114. The van der Waals surface area contributed by atoms with E-state index in [9.17, 15) is 4.79 Å². The zero-order valence-corrected chi connectivity index (χ0v) is 19.1. The quantitative estimate of drug-likeness (QED) is 0.573. The molecule has 0 spiro atoms. The minimum Gasteiger partial charge on any atom is -0.381 e. The molecule has 0 saturated carbocycles. The van der Waals surface area contributed by atoms with Crippen molar-refractivity contribution in [1.82, 2.24) is 4.90 Å². The summed E-state index contributed by atoms with van der Waals surface area (Å²) in [5.74, 6) is -0.0306. The third kappa shape index (κ3) is 7.41. The lowest BCUT2D eigenvalue weighted by atomic mass is 9.75. The number of hydrogen-bond acceptors (Lipinski definition) is 4. The van der Waals surface area contributed by atoms with Crippen molar-refractivity contribution in [2.24, 2.45) is 5.41 Å². The van der Waals surface area contributed by atoms with Crippen LogP contribution in [0.1, 0.15) is 43.6 Å². The largest absolute Gasteiger partial charge is 0.381 e. The van der Waals surface area contributed by atoms with E-state index >= 15 is 0 Å². The van der Waals surface area contributed by atoms with Gasteiger partial charge in [-0.1, -0.05) is 18.2 Å². The van der Waals surface area contributed by atoms with Crippen molar-refractivity contribution in [2.45, 2.75) is 46.1 Å². The van der Waals surface area contributed by atoms with Crippen LogP contribution in [-0.4, -0.2) is 37.1 Å². The Kier molecular flexibility index (Phi) is 9.63. The molecule has 3 rings (SSSR count). The van der Waals surface area contributed by atoms with Gasteiger partial charge in [0.05, 0.1) is 6.61 Å². The number of carbonyl (C=O) groups excluding carboxylic acids is 1. The molecule has 0 unspecified atom stereocenters. The molecule has 1 amide bonds. The number of nitrogens with zero attached hydrogens (tertiary/aromatic N) is 1. The maximum Gasteiger partial charge on any atom is 0.221 e. The SMILES string of the molecule is CCOCC1(CCc2cccs2)CCN(Cc2ccc(NC(C)=O)cc2)CC1.Cl. The van der Waals surface area contributed by atoms with Crippen molar-refractivity contribution in [3.8, 4) is 0 Å². The monoisotopic (exact) mass is 436 g/mol.